The summed E-state index contributed by atoms with van der Waals surface area (Å²) in [5.41, 5.74) is 0.573. The number of anilines is 1. The Kier molecular flexibility index (Phi) is 5.09. The summed E-state index contributed by atoms with van der Waals surface area (Å²) in [6, 6.07) is 3.31. The number of rotatable bonds is 4. The SMILES string of the molecule is COc1cc(NC(=O)[C@H]2CCCNC2)c(OC)cc1Cl. The lowest BCUT2D eigenvalue weighted by molar-refractivity contribution is -0.120. The zero-order valence-electron chi connectivity index (χ0n) is 11.7. The van der Waals surface area contributed by atoms with Gasteiger partial charge in [0.1, 0.15) is 11.5 Å². The zero-order chi connectivity index (χ0) is 14.5. The van der Waals surface area contributed by atoms with Gasteiger partial charge in [-0.15, -0.1) is 0 Å². The summed E-state index contributed by atoms with van der Waals surface area (Å²) in [4.78, 5) is 12.2. The van der Waals surface area contributed by atoms with Crippen molar-refractivity contribution in [1.29, 1.82) is 0 Å². The average molecular weight is 299 g/mol. The van der Waals surface area contributed by atoms with Gasteiger partial charge in [-0.2, -0.15) is 0 Å². The van der Waals surface area contributed by atoms with Crippen LogP contribution in [0.3, 0.4) is 0 Å². The lowest BCUT2D eigenvalue weighted by atomic mass is 9.99. The van der Waals surface area contributed by atoms with Crippen LogP contribution in [-0.2, 0) is 4.79 Å². The van der Waals surface area contributed by atoms with Gasteiger partial charge in [-0.3, -0.25) is 4.79 Å². The lowest BCUT2D eigenvalue weighted by Crippen LogP contribution is -2.37. The molecular weight excluding hydrogens is 280 g/mol. The molecule has 0 bridgehead atoms. The molecule has 1 aromatic carbocycles. The van der Waals surface area contributed by atoms with Crippen molar-refractivity contribution in [1.82, 2.24) is 5.32 Å². The standard InChI is InChI=1S/C14H19ClN2O3/c1-19-12-7-11(13(20-2)6-10(12)15)17-14(18)9-4-3-5-16-8-9/h6-7,9,16H,3-5,8H2,1-2H3,(H,17,18)/t9-/m0/s1. The zero-order valence-corrected chi connectivity index (χ0v) is 12.4. The molecule has 0 saturated carbocycles. The van der Waals surface area contributed by atoms with Gasteiger partial charge in [0.05, 0.1) is 30.8 Å². The Bertz CT molecular complexity index is 488. The van der Waals surface area contributed by atoms with E-state index in [0.717, 1.165) is 19.4 Å². The Morgan fingerprint density at radius 1 is 1.35 bits per heavy atom. The van der Waals surface area contributed by atoms with Gasteiger partial charge in [0.25, 0.3) is 0 Å². The van der Waals surface area contributed by atoms with Crippen molar-refractivity contribution < 1.29 is 14.3 Å². The second-order valence-corrected chi connectivity index (χ2v) is 5.13. The number of hydrogen-bond donors (Lipinski definition) is 2. The molecule has 0 spiro atoms. The smallest absolute Gasteiger partial charge is 0.228 e. The summed E-state index contributed by atoms with van der Waals surface area (Å²) in [5.74, 6) is 0.993. The van der Waals surface area contributed by atoms with Gasteiger partial charge < -0.3 is 20.1 Å². The normalized spacial score (nSPS) is 18.4. The first kappa shape index (κ1) is 14.9. The van der Waals surface area contributed by atoms with Crippen molar-refractivity contribution in [2.45, 2.75) is 12.8 Å². The molecule has 1 amide bonds. The third kappa shape index (κ3) is 3.35. The van der Waals surface area contributed by atoms with Crippen LogP contribution < -0.4 is 20.1 Å². The Morgan fingerprint density at radius 3 is 2.70 bits per heavy atom. The number of halogens is 1. The number of nitrogens with one attached hydrogen (secondary N) is 2. The molecule has 0 aliphatic carbocycles. The Labute approximate surface area is 123 Å². The highest BCUT2D eigenvalue weighted by Crippen LogP contribution is 2.36. The fraction of sp³-hybridized carbons (Fsp3) is 0.500. The van der Waals surface area contributed by atoms with Crippen molar-refractivity contribution in [2.24, 2.45) is 5.92 Å². The van der Waals surface area contributed by atoms with Gasteiger partial charge >= 0.3 is 0 Å². The molecule has 0 unspecified atom stereocenters. The second-order valence-electron chi connectivity index (χ2n) is 4.72. The van der Waals surface area contributed by atoms with Crippen LogP contribution in [0.25, 0.3) is 0 Å². The van der Waals surface area contributed by atoms with Crippen molar-refractivity contribution >= 4 is 23.2 Å². The van der Waals surface area contributed by atoms with Gasteiger partial charge in [0.15, 0.2) is 0 Å². The summed E-state index contributed by atoms with van der Waals surface area (Å²) in [5, 5.41) is 6.56. The van der Waals surface area contributed by atoms with Gasteiger partial charge in [0, 0.05) is 18.7 Å². The minimum absolute atomic E-state index is 0.0140. The van der Waals surface area contributed by atoms with Gasteiger partial charge in [-0.1, -0.05) is 11.6 Å². The van der Waals surface area contributed by atoms with Crippen LogP contribution in [0, 0.1) is 5.92 Å². The predicted molar refractivity (Wildman–Crippen MR) is 78.8 cm³/mol. The molecular formula is C14H19ClN2O3. The molecule has 1 aliphatic rings. The van der Waals surface area contributed by atoms with Crippen LogP contribution in [0.2, 0.25) is 5.02 Å². The van der Waals surface area contributed by atoms with Gasteiger partial charge in [0.2, 0.25) is 5.91 Å². The third-order valence-corrected chi connectivity index (χ3v) is 3.69. The number of carbonyl (C=O) groups is 1. The van der Waals surface area contributed by atoms with Crippen LogP contribution in [0.4, 0.5) is 5.69 Å². The Balaban J connectivity index is 2.16. The number of carbonyl (C=O) groups excluding carboxylic acids is 1. The summed E-state index contributed by atoms with van der Waals surface area (Å²) in [6.45, 7) is 1.68. The quantitative estimate of drug-likeness (QED) is 0.895. The maximum atomic E-state index is 12.2. The predicted octanol–water partition coefficient (Wildman–Crippen LogP) is 2.30. The van der Waals surface area contributed by atoms with E-state index in [4.69, 9.17) is 21.1 Å². The van der Waals surface area contributed by atoms with Crippen molar-refractivity contribution in [3.8, 4) is 11.5 Å². The van der Waals surface area contributed by atoms with Gasteiger partial charge in [-0.25, -0.2) is 0 Å². The fourth-order valence-electron chi connectivity index (χ4n) is 2.27. The van der Waals surface area contributed by atoms with Crippen molar-refractivity contribution in [3.63, 3.8) is 0 Å². The van der Waals surface area contributed by atoms with E-state index in [1.807, 2.05) is 0 Å². The summed E-state index contributed by atoms with van der Waals surface area (Å²) in [7, 11) is 3.07. The van der Waals surface area contributed by atoms with Crippen LogP contribution in [0.5, 0.6) is 11.5 Å². The number of ether oxygens (including phenoxy) is 2. The number of hydrogen-bond acceptors (Lipinski definition) is 4. The van der Waals surface area contributed by atoms with E-state index in [9.17, 15) is 4.79 Å². The second kappa shape index (κ2) is 6.81. The molecule has 110 valence electrons. The minimum atomic E-state index is -0.0184. The number of amides is 1. The molecule has 2 N–H and O–H groups in total. The molecule has 5 nitrogen and oxygen atoms in total. The molecule has 1 aromatic rings. The Hall–Kier alpha value is -1.46. The molecule has 20 heavy (non-hydrogen) atoms. The number of piperidine rings is 1. The van der Waals surface area contributed by atoms with Gasteiger partial charge in [-0.05, 0) is 19.4 Å². The van der Waals surface area contributed by atoms with Crippen molar-refractivity contribution in [3.05, 3.63) is 17.2 Å². The topological polar surface area (TPSA) is 59.6 Å². The first-order chi connectivity index (χ1) is 9.65. The number of benzene rings is 1. The largest absolute Gasteiger partial charge is 0.495 e. The van der Waals surface area contributed by atoms with E-state index < -0.39 is 0 Å². The first-order valence-electron chi connectivity index (χ1n) is 6.58. The maximum Gasteiger partial charge on any atom is 0.228 e. The van der Waals surface area contributed by atoms with E-state index in [2.05, 4.69) is 10.6 Å². The van der Waals surface area contributed by atoms with E-state index >= 15 is 0 Å². The lowest BCUT2D eigenvalue weighted by Gasteiger charge is -2.22. The molecule has 1 aliphatic heterocycles. The highest BCUT2D eigenvalue weighted by molar-refractivity contribution is 6.32. The average Bonchev–Trinajstić information content (AvgIpc) is 2.49. The molecule has 0 radical (unpaired) electrons. The maximum absolute atomic E-state index is 12.2. The van der Waals surface area contributed by atoms with E-state index in [1.165, 1.54) is 14.2 Å². The Morgan fingerprint density at radius 2 is 2.10 bits per heavy atom. The van der Waals surface area contributed by atoms with Crippen LogP contribution >= 0.6 is 11.6 Å². The molecule has 1 saturated heterocycles. The summed E-state index contributed by atoms with van der Waals surface area (Å²) in [6.07, 6.45) is 1.91. The first-order valence-corrected chi connectivity index (χ1v) is 6.96. The summed E-state index contributed by atoms with van der Waals surface area (Å²) < 4.78 is 10.4. The van der Waals surface area contributed by atoms with Crippen LogP contribution in [-0.4, -0.2) is 33.2 Å². The van der Waals surface area contributed by atoms with Crippen LogP contribution in [0.1, 0.15) is 12.8 Å². The minimum Gasteiger partial charge on any atom is -0.495 e. The highest BCUT2D eigenvalue weighted by Gasteiger charge is 2.22. The third-order valence-electron chi connectivity index (χ3n) is 3.40. The molecule has 1 atom stereocenters. The monoisotopic (exact) mass is 298 g/mol. The molecule has 0 aromatic heterocycles. The molecule has 6 heteroatoms. The fourth-order valence-corrected chi connectivity index (χ4v) is 2.50. The van der Waals surface area contributed by atoms with Crippen molar-refractivity contribution in [2.75, 3.05) is 32.6 Å². The summed E-state index contributed by atoms with van der Waals surface area (Å²) >= 11 is 6.04. The molecule has 1 fully saturated rings. The van der Waals surface area contributed by atoms with E-state index in [-0.39, 0.29) is 11.8 Å². The van der Waals surface area contributed by atoms with E-state index in [1.54, 1.807) is 12.1 Å². The highest BCUT2D eigenvalue weighted by atomic mass is 35.5. The number of methoxy groups -OCH3 is 2. The van der Waals surface area contributed by atoms with Crippen LogP contribution in [0.15, 0.2) is 12.1 Å². The molecule has 2 rings (SSSR count). The van der Waals surface area contributed by atoms with E-state index in [0.29, 0.717) is 28.8 Å². The molecule has 1 heterocycles.